The monoisotopic (exact) mass is 304 g/mol. The molecule has 0 saturated heterocycles. The molecule has 0 bridgehead atoms. The Labute approximate surface area is 125 Å². The third kappa shape index (κ3) is 3.07. The van der Waals surface area contributed by atoms with E-state index in [1.165, 1.54) is 4.88 Å². The molecule has 2 N–H and O–H groups in total. The van der Waals surface area contributed by atoms with Crippen LogP contribution in [0.15, 0.2) is 42.5 Å². The normalized spacial score (nSPS) is 10.8. The Hall–Kier alpha value is -1.69. The summed E-state index contributed by atoms with van der Waals surface area (Å²) in [5.41, 5.74) is 2.87. The van der Waals surface area contributed by atoms with Crippen molar-refractivity contribution in [2.24, 2.45) is 0 Å². The van der Waals surface area contributed by atoms with E-state index in [2.05, 4.69) is 20.7 Å². The summed E-state index contributed by atoms with van der Waals surface area (Å²) in [5, 5.41) is 14.5. The smallest absolute Gasteiger partial charge is 0.117 e. The van der Waals surface area contributed by atoms with E-state index in [1.54, 1.807) is 11.3 Å². The molecule has 0 aliphatic rings. The molecule has 4 nitrogen and oxygen atoms in total. The summed E-state index contributed by atoms with van der Waals surface area (Å²) < 4.78 is 0.813. The van der Waals surface area contributed by atoms with Crippen molar-refractivity contribution in [3.63, 3.8) is 0 Å². The molecule has 20 heavy (non-hydrogen) atoms. The molecule has 0 aliphatic carbocycles. The van der Waals surface area contributed by atoms with Crippen molar-refractivity contribution in [3.05, 3.63) is 57.4 Å². The van der Waals surface area contributed by atoms with Crippen LogP contribution >= 0.6 is 22.9 Å². The first kappa shape index (κ1) is 13.3. The lowest BCUT2D eigenvalue weighted by molar-refractivity contribution is 0.684. The number of rotatable bonds is 5. The molecule has 2 heterocycles. The minimum atomic E-state index is 0.663. The first-order valence-electron chi connectivity index (χ1n) is 6.23. The van der Waals surface area contributed by atoms with Gasteiger partial charge in [0.2, 0.25) is 0 Å². The maximum atomic E-state index is 5.91. The molecule has 0 radical (unpaired) electrons. The van der Waals surface area contributed by atoms with Gasteiger partial charge in [-0.25, -0.2) is 0 Å². The van der Waals surface area contributed by atoms with Crippen molar-refractivity contribution in [2.75, 3.05) is 0 Å². The van der Waals surface area contributed by atoms with Gasteiger partial charge in [-0.05, 0) is 12.1 Å². The van der Waals surface area contributed by atoms with Crippen LogP contribution < -0.4 is 5.32 Å². The van der Waals surface area contributed by atoms with Crippen LogP contribution in [-0.2, 0) is 13.1 Å². The molecule has 1 aromatic carbocycles. The van der Waals surface area contributed by atoms with Gasteiger partial charge in [-0.3, -0.25) is 0 Å². The zero-order valence-corrected chi connectivity index (χ0v) is 12.2. The number of aromatic amines is 1. The molecular weight excluding hydrogens is 292 g/mol. The van der Waals surface area contributed by atoms with Crippen molar-refractivity contribution in [3.8, 4) is 11.3 Å². The topological polar surface area (TPSA) is 53.6 Å². The van der Waals surface area contributed by atoms with Crippen molar-refractivity contribution < 1.29 is 0 Å². The minimum Gasteiger partial charge on any atom is -0.306 e. The summed E-state index contributed by atoms with van der Waals surface area (Å²) in [6.07, 6.45) is 0. The number of halogens is 1. The molecule has 102 valence electrons. The minimum absolute atomic E-state index is 0.663. The first-order chi connectivity index (χ1) is 9.83. The second kappa shape index (κ2) is 6.17. The van der Waals surface area contributed by atoms with Gasteiger partial charge in [-0.2, -0.15) is 15.4 Å². The first-order valence-corrected chi connectivity index (χ1v) is 7.42. The molecule has 0 aliphatic heterocycles. The van der Waals surface area contributed by atoms with E-state index in [9.17, 15) is 0 Å². The van der Waals surface area contributed by atoms with Crippen LogP contribution in [0, 0.1) is 0 Å². The highest BCUT2D eigenvalue weighted by atomic mass is 35.5. The third-order valence-corrected chi connectivity index (χ3v) is 4.12. The molecule has 3 aromatic rings. The summed E-state index contributed by atoms with van der Waals surface area (Å²) in [4.78, 5) is 1.21. The molecule has 0 amide bonds. The molecule has 0 unspecified atom stereocenters. The number of benzene rings is 1. The lowest BCUT2D eigenvalue weighted by atomic mass is 10.1. The maximum absolute atomic E-state index is 5.91. The van der Waals surface area contributed by atoms with Crippen LogP contribution in [0.1, 0.15) is 10.6 Å². The van der Waals surface area contributed by atoms with E-state index in [0.29, 0.717) is 6.54 Å². The second-order valence-corrected chi connectivity index (χ2v) is 6.09. The Morgan fingerprint density at radius 3 is 2.65 bits per heavy atom. The van der Waals surface area contributed by atoms with Crippen LogP contribution in [0.2, 0.25) is 4.34 Å². The fourth-order valence-electron chi connectivity index (χ4n) is 1.95. The van der Waals surface area contributed by atoms with Crippen LogP contribution in [0.5, 0.6) is 0 Å². The van der Waals surface area contributed by atoms with Gasteiger partial charge in [0.25, 0.3) is 0 Å². The van der Waals surface area contributed by atoms with Crippen molar-refractivity contribution in [2.45, 2.75) is 13.1 Å². The van der Waals surface area contributed by atoms with Gasteiger partial charge in [-0.15, -0.1) is 11.3 Å². The number of H-pyrrole nitrogens is 1. The van der Waals surface area contributed by atoms with E-state index in [0.717, 1.165) is 27.8 Å². The van der Waals surface area contributed by atoms with Crippen LogP contribution in [0.4, 0.5) is 0 Å². The van der Waals surface area contributed by atoms with Crippen molar-refractivity contribution in [1.29, 1.82) is 0 Å². The van der Waals surface area contributed by atoms with Crippen LogP contribution in [-0.4, -0.2) is 15.4 Å². The lowest BCUT2D eigenvalue weighted by Crippen LogP contribution is -2.12. The molecule has 0 atom stereocenters. The number of thiophene rings is 1. The number of nitrogens with zero attached hydrogens (tertiary/aromatic N) is 2. The van der Waals surface area contributed by atoms with Gasteiger partial charge < -0.3 is 5.32 Å². The largest absolute Gasteiger partial charge is 0.306 e. The maximum Gasteiger partial charge on any atom is 0.117 e. The molecule has 2 aromatic heterocycles. The molecule has 0 saturated carbocycles. The Balaban J connectivity index is 1.65. The average Bonchev–Trinajstić information content (AvgIpc) is 3.09. The highest BCUT2D eigenvalue weighted by Crippen LogP contribution is 2.22. The molecule has 0 spiro atoms. The van der Waals surface area contributed by atoms with E-state index < -0.39 is 0 Å². The molecular formula is C14H13ClN4S. The highest BCUT2D eigenvalue weighted by Gasteiger charge is 2.09. The van der Waals surface area contributed by atoms with Gasteiger partial charge in [0, 0.05) is 23.5 Å². The fraction of sp³-hybridized carbons (Fsp3) is 0.143. The number of aromatic nitrogens is 3. The zero-order chi connectivity index (χ0) is 13.8. The average molecular weight is 305 g/mol. The van der Waals surface area contributed by atoms with Gasteiger partial charge >= 0.3 is 0 Å². The molecule has 3 rings (SSSR count). The Morgan fingerprint density at radius 2 is 1.90 bits per heavy atom. The third-order valence-electron chi connectivity index (χ3n) is 2.89. The second-order valence-electron chi connectivity index (χ2n) is 4.29. The van der Waals surface area contributed by atoms with Crippen molar-refractivity contribution >= 4 is 22.9 Å². The highest BCUT2D eigenvalue weighted by molar-refractivity contribution is 7.16. The standard InChI is InChI=1S/C14H13ClN4S/c15-13-7-6-11(20-13)8-16-9-12-14(18-19-17-12)10-4-2-1-3-5-10/h1-7,16H,8-9H2,(H,17,18,19). The summed E-state index contributed by atoms with van der Waals surface area (Å²) in [7, 11) is 0. The zero-order valence-electron chi connectivity index (χ0n) is 10.6. The van der Waals surface area contributed by atoms with Crippen LogP contribution in [0.3, 0.4) is 0 Å². The summed E-state index contributed by atoms with van der Waals surface area (Å²) in [6.45, 7) is 1.44. The summed E-state index contributed by atoms with van der Waals surface area (Å²) in [5.74, 6) is 0. The predicted octanol–water partition coefficient (Wildman–Crippen LogP) is 3.48. The Kier molecular flexibility index (Phi) is 4.11. The SMILES string of the molecule is Clc1ccc(CNCc2n[nH]nc2-c2ccccc2)s1. The molecule has 0 fully saturated rings. The van der Waals surface area contributed by atoms with Crippen LogP contribution in [0.25, 0.3) is 11.3 Å². The molecule has 6 heteroatoms. The predicted molar refractivity (Wildman–Crippen MR) is 81.7 cm³/mol. The number of nitrogens with one attached hydrogen (secondary N) is 2. The van der Waals surface area contributed by atoms with E-state index in [4.69, 9.17) is 11.6 Å². The Morgan fingerprint density at radius 1 is 1.05 bits per heavy atom. The Bertz CT molecular complexity index is 677. The van der Waals surface area contributed by atoms with Crippen molar-refractivity contribution in [1.82, 2.24) is 20.7 Å². The number of hydrogen-bond acceptors (Lipinski definition) is 4. The van der Waals surface area contributed by atoms with Gasteiger partial charge in [0.1, 0.15) is 11.4 Å². The lowest BCUT2D eigenvalue weighted by Gasteiger charge is -2.02. The van der Waals surface area contributed by atoms with Gasteiger partial charge in [0.05, 0.1) is 4.34 Å². The van der Waals surface area contributed by atoms with E-state index >= 15 is 0 Å². The number of hydrogen-bond donors (Lipinski definition) is 2. The van der Waals surface area contributed by atoms with Gasteiger partial charge in [0.15, 0.2) is 0 Å². The summed E-state index contributed by atoms with van der Waals surface area (Å²) >= 11 is 7.49. The van der Waals surface area contributed by atoms with Gasteiger partial charge in [-0.1, -0.05) is 41.9 Å². The van der Waals surface area contributed by atoms with E-state index in [1.807, 2.05) is 42.5 Å². The van der Waals surface area contributed by atoms with E-state index in [-0.39, 0.29) is 0 Å². The summed E-state index contributed by atoms with van der Waals surface area (Å²) in [6, 6.07) is 14.0. The quantitative estimate of drug-likeness (QED) is 0.759. The fourth-order valence-corrected chi connectivity index (χ4v) is 3.01.